The fourth-order valence-corrected chi connectivity index (χ4v) is 2.88. The van der Waals surface area contributed by atoms with Crippen LogP contribution in [-0.4, -0.2) is 12.5 Å². The molecule has 3 nitrogen and oxygen atoms in total. The van der Waals surface area contributed by atoms with Gasteiger partial charge < -0.3 is 11.1 Å². The molecule has 5 heteroatoms. The molecule has 1 aliphatic carbocycles. The van der Waals surface area contributed by atoms with Crippen LogP contribution in [0, 0.1) is 5.82 Å². The number of rotatable bonds is 6. The predicted octanol–water partition coefficient (Wildman–Crippen LogP) is 3.49. The summed E-state index contributed by atoms with van der Waals surface area (Å²) in [4.78, 5) is 12.1. The van der Waals surface area contributed by atoms with Gasteiger partial charge in [-0.05, 0) is 36.1 Å². The fraction of sp³-hybridized carbons (Fsp3) is 0.316. The van der Waals surface area contributed by atoms with E-state index in [1.165, 1.54) is 12.1 Å². The van der Waals surface area contributed by atoms with E-state index >= 15 is 0 Å². The van der Waals surface area contributed by atoms with Crippen molar-refractivity contribution in [1.29, 1.82) is 0 Å². The maximum absolute atomic E-state index is 13.0. The zero-order chi connectivity index (χ0) is 16.3. The Balaban J connectivity index is 0.00000208. The average molecular weight is 349 g/mol. The maximum atomic E-state index is 13.0. The maximum Gasteiger partial charge on any atom is 0.221 e. The summed E-state index contributed by atoms with van der Waals surface area (Å²) in [6, 6.07) is 15.9. The van der Waals surface area contributed by atoms with Crippen molar-refractivity contribution in [2.45, 2.75) is 30.7 Å². The third-order valence-electron chi connectivity index (χ3n) is 4.57. The quantitative estimate of drug-likeness (QED) is 0.839. The second-order valence-corrected chi connectivity index (χ2v) is 6.29. The van der Waals surface area contributed by atoms with E-state index in [-0.39, 0.29) is 42.0 Å². The molecule has 2 aromatic rings. The Morgan fingerprint density at radius 1 is 1.12 bits per heavy atom. The molecule has 0 bridgehead atoms. The topological polar surface area (TPSA) is 55.1 Å². The van der Waals surface area contributed by atoms with Gasteiger partial charge in [-0.2, -0.15) is 0 Å². The summed E-state index contributed by atoms with van der Waals surface area (Å²) in [5.41, 5.74) is 8.10. The van der Waals surface area contributed by atoms with E-state index in [0.717, 1.165) is 24.0 Å². The zero-order valence-electron chi connectivity index (χ0n) is 13.4. The summed E-state index contributed by atoms with van der Waals surface area (Å²) >= 11 is 0. The van der Waals surface area contributed by atoms with Gasteiger partial charge in [0, 0.05) is 24.4 Å². The minimum Gasteiger partial charge on any atom is -0.355 e. The molecule has 1 atom stereocenters. The van der Waals surface area contributed by atoms with Crippen molar-refractivity contribution in [3.05, 3.63) is 71.5 Å². The molecule has 2 aromatic carbocycles. The normalized spacial score (nSPS) is 15.9. The van der Waals surface area contributed by atoms with E-state index in [1.807, 2.05) is 42.5 Å². The van der Waals surface area contributed by atoms with E-state index in [9.17, 15) is 9.18 Å². The van der Waals surface area contributed by atoms with Crippen LogP contribution in [0.1, 0.15) is 36.4 Å². The van der Waals surface area contributed by atoms with Crippen LogP contribution >= 0.6 is 12.4 Å². The minimum absolute atomic E-state index is 0. The first-order valence-corrected chi connectivity index (χ1v) is 7.92. The molecule has 0 spiro atoms. The molecule has 1 unspecified atom stereocenters. The van der Waals surface area contributed by atoms with Gasteiger partial charge in [0.1, 0.15) is 5.82 Å². The van der Waals surface area contributed by atoms with E-state index in [1.54, 1.807) is 0 Å². The fourth-order valence-electron chi connectivity index (χ4n) is 2.88. The standard InChI is InChI=1S/C19H21FN2O.ClH/c20-16-8-6-15(7-9-16)19(10-11-19)13-22-18(23)12-17(21)14-4-2-1-3-5-14;/h1-9,17H,10-13,21H2,(H,22,23);1H. The first-order valence-electron chi connectivity index (χ1n) is 7.92. The summed E-state index contributed by atoms with van der Waals surface area (Å²) in [6.45, 7) is 0.582. The highest BCUT2D eigenvalue weighted by Gasteiger charge is 2.44. The number of carbonyl (C=O) groups is 1. The number of nitrogens with two attached hydrogens (primary N) is 1. The lowest BCUT2D eigenvalue weighted by atomic mass is 9.95. The Bertz CT molecular complexity index is 672. The highest BCUT2D eigenvalue weighted by molar-refractivity contribution is 5.85. The van der Waals surface area contributed by atoms with Crippen LogP contribution in [0.2, 0.25) is 0 Å². The van der Waals surface area contributed by atoms with Gasteiger partial charge in [0.25, 0.3) is 0 Å². The molecule has 0 aromatic heterocycles. The number of benzene rings is 2. The number of nitrogens with one attached hydrogen (secondary N) is 1. The Labute approximate surface area is 147 Å². The van der Waals surface area contributed by atoms with Crippen LogP contribution in [0.25, 0.3) is 0 Å². The van der Waals surface area contributed by atoms with Crippen LogP contribution in [0.3, 0.4) is 0 Å². The average Bonchev–Trinajstić information content (AvgIpc) is 3.35. The van der Waals surface area contributed by atoms with E-state index in [4.69, 9.17) is 5.73 Å². The molecule has 0 heterocycles. The van der Waals surface area contributed by atoms with Crippen molar-refractivity contribution in [2.75, 3.05) is 6.54 Å². The molecule has 3 N–H and O–H groups in total. The van der Waals surface area contributed by atoms with Crippen molar-refractivity contribution >= 4 is 18.3 Å². The lowest BCUT2D eigenvalue weighted by Gasteiger charge is -2.18. The molecular formula is C19H22ClFN2O. The number of halogens is 2. The molecule has 3 rings (SSSR count). The summed E-state index contributed by atoms with van der Waals surface area (Å²) in [7, 11) is 0. The van der Waals surface area contributed by atoms with Gasteiger partial charge in [0.2, 0.25) is 5.91 Å². The van der Waals surface area contributed by atoms with Crippen LogP contribution in [-0.2, 0) is 10.2 Å². The second kappa shape index (κ2) is 7.77. The molecule has 0 radical (unpaired) electrons. The van der Waals surface area contributed by atoms with Crippen LogP contribution in [0.15, 0.2) is 54.6 Å². The molecule has 1 saturated carbocycles. The van der Waals surface area contributed by atoms with E-state index < -0.39 is 0 Å². The van der Waals surface area contributed by atoms with Gasteiger partial charge in [-0.3, -0.25) is 4.79 Å². The molecule has 1 fully saturated rings. The Morgan fingerprint density at radius 2 is 1.75 bits per heavy atom. The first kappa shape index (κ1) is 18.4. The lowest BCUT2D eigenvalue weighted by Crippen LogP contribution is -2.34. The van der Waals surface area contributed by atoms with Crippen molar-refractivity contribution in [3.8, 4) is 0 Å². The monoisotopic (exact) mass is 348 g/mol. The van der Waals surface area contributed by atoms with Gasteiger partial charge in [0.05, 0.1) is 0 Å². The third-order valence-corrected chi connectivity index (χ3v) is 4.57. The van der Waals surface area contributed by atoms with Crippen LogP contribution in [0.4, 0.5) is 4.39 Å². The number of hydrogen-bond donors (Lipinski definition) is 2. The molecule has 1 aliphatic rings. The SMILES string of the molecule is Cl.NC(CC(=O)NCC1(c2ccc(F)cc2)CC1)c1ccccc1. The van der Waals surface area contributed by atoms with E-state index in [0.29, 0.717) is 6.54 Å². The van der Waals surface area contributed by atoms with Gasteiger partial charge >= 0.3 is 0 Å². The van der Waals surface area contributed by atoms with Crippen LogP contribution < -0.4 is 11.1 Å². The summed E-state index contributed by atoms with van der Waals surface area (Å²) < 4.78 is 13.0. The highest BCUT2D eigenvalue weighted by Crippen LogP contribution is 2.47. The lowest BCUT2D eigenvalue weighted by molar-refractivity contribution is -0.121. The summed E-state index contributed by atoms with van der Waals surface area (Å²) in [5.74, 6) is -0.280. The molecule has 1 amide bonds. The van der Waals surface area contributed by atoms with Crippen LogP contribution in [0.5, 0.6) is 0 Å². The smallest absolute Gasteiger partial charge is 0.221 e. The number of hydrogen-bond acceptors (Lipinski definition) is 2. The first-order chi connectivity index (χ1) is 11.1. The highest BCUT2D eigenvalue weighted by atomic mass is 35.5. The zero-order valence-corrected chi connectivity index (χ0v) is 14.2. The van der Waals surface area contributed by atoms with Crippen molar-refractivity contribution in [3.63, 3.8) is 0 Å². The second-order valence-electron chi connectivity index (χ2n) is 6.29. The van der Waals surface area contributed by atoms with Gasteiger partial charge in [-0.1, -0.05) is 42.5 Å². The Hall–Kier alpha value is -1.91. The van der Waals surface area contributed by atoms with Crippen molar-refractivity contribution in [1.82, 2.24) is 5.32 Å². The number of carbonyl (C=O) groups excluding carboxylic acids is 1. The molecule has 24 heavy (non-hydrogen) atoms. The predicted molar refractivity (Wildman–Crippen MR) is 95.6 cm³/mol. The minimum atomic E-state index is -0.294. The molecule has 128 valence electrons. The van der Waals surface area contributed by atoms with Crippen molar-refractivity contribution < 1.29 is 9.18 Å². The summed E-state index contributed by atoms with van der Waals surface area (Å²) in [5, 5.41) is 2.99. The largest absolute Gasteiger partial charge is 0.355 e. The van der Waals surface area contributed by atoms with E-state index in [2.05, 4.69) is 5.32 Å². The molecule has 0 aliphatic heterocycles. The number of amides is 1. The Morgan fingerprint density at radius 3 is 2.33 bits per heavy atom. The third kappa shape index (κ3) is 4.34. The Kier molecular flexibility index (Phi) is 5.97. The van der Waals surface area contributed by atoms with Gasteiger partial charge in [-0.25, -0.2) is 4.39 Å². The molecule has 0 saturated heterocycles. The van der Waals surface area contributed by atoms with Gasteiger partial charge in [-0.15, -0.1) is 12.4 Å². The van der Waals surface area contributed by atoms with Crippen molar-refractivity contribution in [2.24, 2.45) is 5.73 Å². The van der Waals surface area contributed by atoms with Gasteiger partial charge in [0.15, 0.2) is 0 Å². The molecular weight excluding hydrogens is 327 g/mol. The summed E-state index contributed by atoms with van der Waals surface area (Å²) in [6.07, 6.45) is 2.30.